The second-order valence-corrected chi connectivity index (χ2v) is 6.46. The molecule has 0 aliphatic heterocycles. The number of halogens is 11. The Kier molecular flexibility index (Phi) is 5.92. The van der Waals surface area contributed by atoms with Crippen molar-refractivity contribution in [2.45, 2.75) is 44.2 Å². The van der Waals surface area contributed by atoms with Gasteiger partial charge in [-0.2, -0.15) is 35.1 Å². The molecule has 0 fully saturated rings. The van der Waals surface area contributed by atoms with Gasteiger partial charge in [-0.3, -0.25) is 0 Å². The standard InChI is InChI=1S/C19H12F11/c1-3-10-4-9(2)5-14(15(10)11-6-12(20)8-13(21)7-11)16(22,18(25,26)27)17(23,24)19(28,29)30/h5-8H,3H2,1-2H3. The van der Waals surface area contributed by atoms with Crippen molar-refractivity contribution in [3.8, 4) is 11.1 Å². The zero-order chi connectivity index (χ0) is 23.3. The number of rotatable bonds is 4. The van der Waals surface area contributed by atoms with Crippen molar-refractivity contribution >= 4 is 0 Å². The van der Waals surface area contributed by atoms with Gasteiger partial charge in [0.25, 0.3) is 0 Å². The lowest BCUT2D eigenvalue weighted by atomic mass is 9.79. The van der Waals surface area contributed by atoms with Crippen molar-refractivity contribution in [1.82, 2.24) is 0 Å². The second kappa shape index (κ2) is 7.42. The van der Waals surface area contributed by atoms with Crippen molar-refractivity contribution in [2.75, 3.05) is 0 Å². The van der Waals surface area contributed by atoms with Gasteiger partial charge in [-0.05, 0) is 53.8 Å². The molecule has 2 aromatic rings. The normalized spacial score (nSPS) is 15.2. The molecule has 30 heavy (non-hydrogen) atoms. The van der Waals surface area contributed by atoms with Crippen LogP contribution in [0.25, 0.3) is 11.1 Å². The molecular formula is C19H12F11. The highest BCUT2D eigenvalue weighted by atomic mass is 19.4. The van der Waals surface area contributed by atoms with E-state index in [9.17, 15) is 43.9 Å². The molecule has 0 amide bonds. The summed E-state index contributed by atoms with van der Waals surface area (Å²) in [6, 6.07) is 3.61. The molecule has 1 atom stereocenters. The summed E-state index contributed by atoms with van der Waals surface area (Å²) in [5.41, 5.74) is -11.2. The Morgan fingerprint density at radius 2 is 1.27 bits per heavy atom. The van der Waals surface area contributed by atoms with Gasteiger partial charge in [-0.1, -0.05) is 13.0 Å². The van der Waals surface area contributed by atoms with E-state index in [1.807, 2.05) is 0 Å². The fourth-order valence-electron chi connectivity index (χ4n) is 3.05. The summed E-state index contributed by atoms with van der Waals surface area (Å²) in [5.74, 6) is -9.65. The largest absolute Gasteiger partial charge is 0.457 e. The fraction of sp³-hybridized carbons (Fsp3) is 0.368. The highest BCUT2D eigenvalue weighted by Gasteiger charge is 2.82. The Bertz CT molecular complexity index is 920. The molecule has 0 saturated heterocycles. The topological polar surface area (TPSA) is 0 Å². The Hall–Kier alpha value is -2.33. The number of benzene rings is 2. The van der Waals surface area contributed by atoms with E-state index in [0.717, 1.165) is 6.92 Å². The molecule has 0 spiro atoms. The van der Waals surface area contributed by atoms with Crippen LogP contribution in [0, 0.1) is 24.6 Å². The molecule has 0 bridgehead atoms. The molecule has 1 radical (unpaired) electrons. The van der Waals surface area contributed by atoms with Gasteiger partial charge in [-0.15, -0.1) is 0 Å². The molecule has 0 aliphatic carbocycles. The first kappa shape index (κ1) is 23.9. The van der Waals surface area contributed by atoms with Crippen LogP contribution in [0.1, 0.15) is 23.6 Å². The van der Waals surface area contributed by atoms with Crippen LogP contribution in [-0.4, -0.2) is 18.3 Å². The summed E-state index contributed by atoms with van der Waals surface area (Å²) in [6.07, 6.45) is -14.0. The summed E-state index contributed by atoms with van der Waals surface area (Å²) in [4.78, 5) is 0. The van der Waals surface area contributed by atoms with Crippen LogP contribution in [-0.2, 0) is 12.1 Å². The maximum absolute atomic E-state index is 15.2. The SMILES string of the molecule is CCc1[c]c(C)cc(C(F)(C(F)(F)F)C(F)(F)C(F)(F)F)c1-c1cc(F)cc(F)c1. The molecule has 0 nitrogen and oxygen atoms in total. The van der Waals surface area contributed by atoms with Crippen LogP contribution in [0.15, 0.2) is 24.3 Å². The van der Waals surface area contributed by atoms with E-state index in [0.29, 0.717) is 18.2 Å². The van der Waals surface area contributed by atoms with Crippen LogP contribution in [0.2, 0.25) is 0 Å². The summed E-state index contributed by atoms with van der Waals surface area (Å²) >= 11 is 0. The van der Waals surface area contributed by atoms with Gasteiger partial charge in [0.05, 0.1) is 0 Å². The third kappa shape index (κ3) is 3.74. The zero-order valence-corrected chi connectivity index (χ0v) is 15.2. The fourth-order valence-corrected chi connectivity index (χ4v) is 3.05. The van der Waals surface area contributed by atoms with Gasteiger partial charge >= 0.3 is 23.9 Å². The summed E-state index contributed by atoms with van der Waals surface area (Å²) < 4.78 is 150. The van der Waals surface area contributed by atoms with E-state index in [1.165, 1.54) is 6.92 Å². The highest BCUT2D eigenvalue weighted by Crippen LogP contribution is 2.60. The smallest absolute Gasteiger partial charge is 0.221 e. The van der Waals surface area contributed by atoms with Crippen molar-refractivity contribution in [3.05, 3.63) is 58.7 Å². The van der Waals surface area contributed by atoms with Crippen LogP contribution < -0.4 is 0 Å². The first-order valence-corrected chi connectivity index (χ1v) is 8.20. The minimum Gasteiger partial charge on any atom is -0.221 e. The Morgan fingerprint density at radius 1 is 0.767 bits per heavy atom. The maximum Gasteiger partial charge on any atom is 0.457 e. The van der Waals surface area contributed by atoms with Crippen molar-refractivity contribution in [3.63, 3.8) is 0 Å². The number of hydrogen-bond donors (Lipinski definition) is 0. The highest BCUT2D eigenvalue weighted by molar-refractivity contribution is 5.73. The van der Waals surface area contributed by atoms with Gasteiger partial charge < -0.3 is 0 Å². The molecule has 1 unspecified atom stereocenters. The van der Waals surface area contributed by atoms with E-state index < -0.39 is 57.8 Å². The van der Waals surface area contributed by atoms with Gasteiger partial charge in [0, 0.05) is 11.6 Å². The third-order valence-electron chi connectivity index (χ3n) is 4.34. The maximum atomic E-state index is 15.2. The molecule has 0 saturated carbocycles. The second-order valence-electron chi connectivity index (χ2n) is 6.46. The molecule has 0 aliphatic rings. The van der Waals surface area contributed by atoms with E-state index >= 15 is 4.39 Å². The van der Waals surface area contributed by atoms with Crippen LogP contribution in [0.5, 0.6) is 0 Å². The summed E-state index contributed by atoms with van der Waals surface area (Å²) in [5, 5.41) is 0. The molecule has 0 N–H and O–H groups in total. The van der Waals surface area contributed by atoms with E-state index in [4.69, 9.17) is 0 Å². The van der Waals surface area contributed by atoms with Crippen molar-refractivity contribution < 1.29 is 48.3 Å². The Balaban J connectivity index is 3.09. The third-order valence-corrected chi connectivity index (χ3v) is 4.34. The van der Waals surface area contributed by atoms with Crippen LogP contribution >= 0.6 is 0 Å². The molecule has 11 heteroatoms. The zero-order valence-electron chi connectivity index (χ0n) is 15.2. The first-order chi connectivity index (χ1) is 13.5. The average molecular weight is 449 g/mol. The van der Waals surface area contributed by atoms with Crippen molar-refractivity contribution in [1.29, 1.82) is 0 Å². The molecule has 0 aromatic heterocycles. The van der Waals surface area contributed by atoms with E-state index in [-0.39, 0.29) is 18.1 Å². The number of alkyl halides is 9. The monoisotopic (exact) mass is 449 g/mol. The molecular weight excluding hydrogens is 437 g/mol. The predicted molar refractivity (Wildman–Crippen MR) is 84.6 cm³/mol. The summed E-state index contributed by atoms with van der Waals surface area (Å²) in [7, 11) is 0. The first-order valence-electron chi connectivity index (χ1n) is 8.20. The molecule has 165 valence electrons. The Labute approximate surface area is 163 Å². The predicted octanol–water partition coefficient (Wildman–Crippen LogP) is 7.23. The minimum absolute atomic E-state index is 0.116. The van der Waals surface area contributed by atoms with Crippen molar-refractivity contribution in [2.24, 2.45) is 0 Å². The summed E-state index contributed by atoms with van der Waals surface area (Å²) in [6.45, 7) is 2.27. The lowest BCUT2D eigenvalue weighted by Crippen LogP contribution is -2.60. The number of aryl methyl sites for hydroxylation is 2. The lowest BCUT2D eigenvalue weighted by molar-refractivity contribution is -0.389. The lowest BCUT2D eigenvalue weighted by Gasteiger charge is -2.37. The minimum atomic E-state index is -6.93. The van der Waals surface area contributed by atoms with Gasteiger partial charge in [0.1, 0.15) is 11.6 Å². The molecule has 0 heterocycles. The number of hydrogen-bond acceptors (Lipinski definition) is 0. The van der Waals surface area contributed by atoms with E-state index in [2.05, 4.69) is 6.07 Å². The van der Waals surface area contributed by atoms with Gasteiger partial charge in [0.2, 0.25) is 0 Å². The van der Waals surface area contributed by atoms with E-state index in [1.54, 1.807) is 0 Å². The van der Waals surface area contributed by atoms with Gasteiger partial charge in [-0.25, -0.2) is 13.2 Å². The molecule has 2 rings (SSSR count). The van der Waals surface area contributed by atoms with Crippen LogP contribution in [0.3, 0.4) is 0 Å². The average Bonchev–Trinajstić information content (AvgIpc) is 2.56. The van der Waals surface area contributed by atoms with Gasteiger partial charge in [0.15, 0.2) is 0 Å². The van der Waals surface area contributed by atoms with Crippen LogP contribution in [0.4, 0.5) is 48.3 Å². The quantitative estimate of drug-likeness (QED) is 0.432. The molecule has 2 aromatic carbocycles. The Morgan fingerprint density at radius 3 is 1.67 bits per heavy atom.